The molecule has 0 atom stereocenters. The zero-order chi connectivity index (χ0) is 18.6. The topological polar surface area (TPSA) is 46.5 Å². The summed E-state index contributed by atoms with van der Waals surface area (Å²) in [4.78, 5) is 0.204. The van der Waals surface area contributed by atoms with Crippen molar-refractivity contribution < 1.29 is 8.42 Å². The standard InChI is InChI=1S/C22H21NO2S/c1-17-3-7-19(8-4-17)15-20-9-11-21(12-10-20)16-23-26(24,25)22-13-5-18(2)6-14-22/h3-14,16H,15H2,1-2H3. The highest BCUT2D eigenvalue weighted by molar-refractivity contribution is 7.90. The lowest BCUT2D eigenvalue weighted by atomic mass is 10.0. The van der Waals surface area contributed by atoms with Crippen molar-refractivity contribution in [2.45, 2.75) is 25.2 Å². The van der Waals surface area contributed by atoms with Crippen LogP contribution in [0.1, 0.15) is 27.8 Å². The van der Waals surface area contributed by atoms with Gasteiger partial charge in [-0.05, 0) is 49.1 Å². The Balaban J connectivity index is 1.71. The largest absolute Gasteiger partial charge is 0.282 e. The predicted octanol–water partition coefficient (Wildman–Crippen LogP) is 4.70. The van der Waals surface area contributed by atoms with Gasteiger partial charge in [0.15, 0.2) is 0 Å². The highest BCUT2D eigenvalue weighted by Crippen LogP contribution is 2.14. The normalized spacial score (nSPS) is 11.8. The fourth-order valence-corrected chi connectivity index (χ4v) is 3.43. The highest BCUT2D eigenvalue weighted by Gasteiger charge is 2.10. The van der Waals surface area contributed by atoms with E-state index >= 15 is 0 Å². The molecule has 0 saturated heterocycles. The highest BCUT2D eigenvalue weighted by atomic mass is 32.2. The van der Waals surface area contributed by atoms with Crippen molar-refractivity contribution in [3.63, 3.8) is 0 Å². The van der Waals surface area contributed by atoms with E-state index < -0.39 is 10.0 Å². The third kappa shape index (κ3) is 4.67. The van der Waals surface area contributed by atoms with Crippen LogP contribution in [0.15, 0.2) is 82.1 Å². The minimum Gasteiger partial charge on any atom is -0.199 e. The minimum absolute atomic E-state index is 0.204. The van der Waals surface area contributed by atoms with Crippen LogP contribution < -0.4 is 0 Å². The van der Waals surface area contributed by atoms with E-state index in [1.54, 1.807) is 24.3 Å². The van der Waals surface area contributed by atoms with Crippen LogP contribution in [0.3, 0.4) is 0 Å². The third-order valence-corrected chi connectivity index (χ3v) is 5.42. The maximum absolute atomic E-state index is 12.3. The Morgan fingerprint density at radius 3 is 1.73 bits per heavy atom. The van der Waals surface area contributed by atoms with Gasteiger partial charge < -0.3 is 0 Å². The maximum Gasteiger partial charge on any atom is 0.282 e. The van der Waals surface area contributed by atoms with Crippen molar-refractivity contribution in [2.75, 3.05) is 0 Å². The van der Waals surface area contributed by atoms with Crippen molar-refractivity contribution in [3.05, 3.63) is 101 Å². The molecule has 0 amide bonds. The molecule has 0 unspecified atom stereocenters. The second-order valence-corrected chi connectivity index (χ2v) is 8.06. The number of sulfonamides is 1. The molecule has 4 heteroatoms. The van der Waals surface area contributed by atoms with Crippen LogP contribution in [0.5, 0.6) is 0 Å². The number of aryl methyl sites for hydroxylation is 2. The molecule has 0 aliphatic carbocycles. The fraction of sp³-hybridized carbons (Fsp3) is 0.136. The third-order valence-electron chi connectivity index (χ3n) is 4.17. The molecule has 0 saturated carbocycles. The summed E-state index contributed by atoms with van der Waals surface area (Å²) in [7, 11) is -3.67. The van der Waals surface area contributed by atoms with Crippen molar-refractivity contribution >= 4 is 16.2 Å². The zero-order valence-electron chi connectivity index (χ0n) is 14.9. The molecule has 132 valence electrons. The van der Waals surface area contributed by atoms with Gasteiger partial charge in [0.25, 0.3) is 10.0 Å². The van der Waals surface area contributed by atoms with Crippen LogP contribution in [-0.2, 0) is 16.4 Å². The van der Waals surface area contributed by atoms with Crippen LogP contribution in [0.4, 0.5) is 0 Å². The molecule has 0 N–H and O–H groups in total. The molecule has 3 aromatic carbocycles. The molecule has 3 nitrogen and oxygen atoms in total. The lowest BCUT2D eigenvalue weighted by Gasteiger charge is -2.03. The monoisotopic (exact) mass is 363 g/mol. The van der Waals surface area contributed by atoms with E-state index in [9.17, 15) is 8.42 Å². The van der Waals surface area contributed by atoms with E-state index in [2.05, 4.69) is 35.6 Å². The smallest absolute Gasteiger partial charge is 0.199 e. The van der Waals surface area contributed by atoms with Crippen LogP contribution in [0, 0.1) is 13.8 Å². The minimum atomic E-state index is -3.67. The predicted molar refractivity (Wildman–Crippen MR) is 106 cm³/mol. The molecule has 3 aromatic rings. The first-order valence-electron chi connectivity index (χ1n) is 8.44. The van der Waals surface area contributed by atoms with Gasteiger partial charge in [0.05, 0.1) is 4.90 Å². The summed E-state index contributed by atoms with van der Waals surface area (Å²) in [6.45, 7) is 3.99. The van der Waals surface area contributed by atoms with Gasteiger partial charge in [0.1, 0.15) is 0 Å². The molecule has 0 aliphatic rings. The quantitative estimate of drug-likeness (QED) is 0.617. The molecule has 0 radical (unpaired) electrons. The SMILES string of the molecule is Cc1ccc(Cc2ccc(C=NS(=O)(=O)c3ccc(C)cc3)cc2)cc1. The van der Waals surface area contributed by atoms with Crippen molar-refractivity contribution in [2.24, 2.45) is 4.40 Å². The number of hydrogen-bond acceptors (Lipinski definition) is 2. The zero-order valence-corrected chi connectivity index (χ0v) is 15.7. The summed E-state index contributed by atoms with van der Waals surface area (Å²) in [6.07, 6.45) is 2.24. The summed E-state index contributed by atoms with van der Waals surface area (Å²) in [6, 6.07) is 22.9. The van der Waals surface area contributed by atoms with E-state index in [0.717, 1.165) is 17.5 Å². The molecule has 0 fully saturated rings. The van der Waals surface area contributed by atoms with E-state index in [1.807, 2.05) is 31.2 Å². The van der Waals surface area contributed by atoms with E-state index in [0.29, 0.717) is 0 Å². The number of hydrogen-bond donors (Lipinski definition) is 0. The van der Waals surface area contributed by atoms with Gasteiger partial charge in [-0.15, -0.1) is 0 Å². The van der Waals surface area contributed by atoms with Gasteiger partial charge in [-0.3, -0.25) is 0 Å². The Hall–Kier alpha value is -2.72. The van der Waals surface area contributed by atoms with Crippen LogP contribution in [0.25, 0.3) is 0 Å². The van der Waals surface area contributed by atoms with Crippen molar-refractivity contribution in [1.82, 2.24) is 0 Å². The maximum atomic E-state index is 12.3. The molecule has 0 spiro atoms. The Morgan fingerprint density at radius 1 is 0.731 bits per heavy atom. The first-order valence-corrected chi connectivity index (χ1v) is 9.88. The molecular formula is C22H21NO2S. The summed E-state index contributed by atoms with van der Waals surface area (Å²) in [5.74, 6) is 0. The first kappa shape index (κ1) is 18.1. The van der Waals surface area contributed by atoms with Crippen molar-refractivity contribution in [1.29, 1.82) is 0 Å². The fourth-order valence-electron chi connectivity index (χ4n) is 2.56. The summed E-state index contributed by atoms with van der Waals surface area (Å²) in [5, 5.41) is 0. The lowest BCUT2D eigenvalue weighted by molar-refractivity contribution is 0.598. The molecule has 3 rings (SSSR count). The average molecular weight is 363 g/mol. The first-order chi connectivity index (χ1) is 12.4. The molecule has 26 heavy (non-hydrogen) atoms. The number of nitrogens with zero attached hydrogens (tertiary/aromatic N) is 1. The van der Waals surface area contributed by atoms with E-state index in [1.165, 1.54) is 22.9 Å². The van der Waals surface area contributed by atoms with Gasteiger partial charge in [-0.25, -0.2) is 0 Å². The molecule has 0 aliphatic heterocycles. The Morgan fingerprint density at radius 2 is 1.19 bits per heavy atom. The molecule has 0 aromatic heterocycles. The molecule has 0 bridgehead atoms. The van der Waals surface area contributed by atoms with Crippen LogP contribution in [0.2, 0.25) is 0 Å². The summed E-state index contributed by atoms with van der Waals surface area (Å²) < 4.78 is 28.3. The molecule has 0 heterocycles. The Labute approximate surface area is 155 Å². The molecular weight excluding hydrogens is 342 g/mol. The van der Waals surface area contributed by atoms with Gasteiger partial charge in [0, 0.05) is 6.21 Å². The Kier molecular flexibility index (Phi) is 5.33. The van der Waals surface area contributed by atoms with Crippen LogP contribution >= 0.6 is 0 Å². The van der Waals surface area contributed by atoms with Gasteiger partial charge in [-0.2, -0.15) is 12.8 Å². The Bertz CT molecular complexity index is 1000. The van der Waals surface area contributed by atoms with Crippen molar-refractivity contribution in [3.8, 4) is 0 Å². The summed E-state index contributed by atoms with van der Waals surface area (Å²) in [5.41, 5.74) is 5.44. The van der Waals surface area contributed by atoms with Gasteiger partial charge >= 0.3 is 0 Å². The van der Waals surface area contributed by atoms with Crippen LogP contribution in [-0.4, -0.2) is 14.6 Å². The second-order valence-electron chi connectivity index (χ2n) is 6.43. The van der Waals surface area contributed by atoms with Gasteiger partial charge in [-0.1, -0.05) is 71.8 Å². The van der Waals surface area contributed by atoms with E-state index in [4.69, 9.17) is 0 Å². The summed E-state index contributed by atoms with van der Waals surface area (Å²) >= 11 is 0. The lowest BCUT2D eigenvalue weighted by Crippen LogP contribution is -1.98. The average Bonchev–Trinajstić information content (AvgIpc) is 2.63. The van der Waals surface area contributed by atoms with E-state index in [-0.39, 0.29) is 4.90 Å². The number of rotatable bonds is 5. The number of benzene rings is 3. The van der Waals surface area contributed by atoms with Gasteiger partial charge in [0.2, 0.25) is 0 Å². The second kappa shape index (κ2) is 7.67.